The zero-order valence-electron chi connectivity index (χ0n) is 63.8. The molecule has 0 aliphatic rings. The summed E-state index contributed by atoms with van der Waals surface area (Å²) in [6.07, 6.45) is 1.64. The molecule has 5 heteroatoms. The quantitative estimate of drug-likeness (QED) is 0.169. The number of hydrogen-bond donors (Lipinski definition) is 1. The maximum Gasteiger partial charge on any atom is 0.148 e. The molecule has 348 valence electrons. The van der Waals surface area contributed by atoms with Crippen molar-refractivity contribution in [1.29, 1.82) is 0 Å². The summed E-state index contributed by atoms with van der Waals surface area (Å²) in [4.78, 5) is 9.79. The largest absolute Gasteiger partial charge is 0.507 e. The molecule has 0 unspecified atom stereocenters. The molecule has 8 rings (SSSR count). The van der Waals surface area contributed by atoms with Crippen LogP contribution in [0.1, 0.15) is 166 Å². The number of hydrogen-bond acceptors (Lipinski definition) is 3. The van der Waals surface area contributed by atoms with Crippen molar-refractivity contribution in [3.63, 3.8) is 0 Å². The van der Waals surface area contributed by atoms with Crippen LogP contribution in [0.25, 0.3) is 72.7 Å². The van der Waals surface area contributed by atoms with Gasteiger partial charge in [-0.3, -0.25) is 9.55 Å². The number of para-hydroxylation sites is 1. The second-order valence-corrected chi connectivity index (χ2v) is 19.9. The van der Waals surface area contributed by atoms with E-state index in [-0.39, 0.29) is 59.9 Å². The molecule has 4 nitrogen and oxygen atoms in total. The number of phenols is 1. The van der Waals surface area contributed by atoms with E-state index in [1.807, 2.05) is 63.2 Å². The second-order valence-electron chi connectivity index (χ2n) is 19.9. The van der Waals surface area contributed by atoms with Crippen molar-refractivity contribution in [2.45, 2.75) is 130 Å². The van der Waals surface area contributed by atoms with Crippen molar-refractivity contribution in [3.05, 3.63) is 167 Å². The zero-order valence-corrected chi connectivity index (χ0v) is 41.0. The molecular weight excluding hydrogens is 998 g/mol. The Morgan fingerprint density at radius 1 is 0.567 bits per heavy atom. The van der Waals surface area contributed by atoms with Gasteiger partial charge in [0.25, 0.3) is 0 Å². The first kappa shape index (κ1) is 26.3. The molecule has 0 bridgehead atoms. The van der Waals surface area contributed by atoms with E-state index in [0.717, 1.165) is 21.3 Å². The maximum absolute atomic E-state index is 13.3. The molecule has 67 heavy (non-hydrogen) atoms. The molecule has 0 aliphatic heterocycles. The van der Waals surface area contributed by atoms with Gasteiger partial charge in [0.2, 0.25) is 0 Å². The molecule has 8 aromatic rings. The van der Waals surface area contributed by atoms with Crippen LogP contribution in [0.4, 0.5) is 0 Å². The minimum atomic E-state index is -4.55. The number of phenolic OH excluding ortho intramolecular Hbond substituents is 1. The van der Waals surface area contributed by atoms with E-state index >= 15 is 0 Å². The zero-order chi connectivity index (χ0) is 68.8. The summed E-state index contributed by atoms with van der Waals surface area (Å²) in [5.74, 6) is -2.76. The van der Waals surface area contributed by atoms with E-state index in [1.165, 1.54) is 24.3 Å². The van der Waals surface area contributed by atoms with Gasteiger partial charge in [-0.25, -0.2) is 4.98 Å². The standard InChI is InChI=1S/C62H68N3O.Pt/c1-58(2,3)44-26-24-39(25-27-44)41-30-31-63-52(35-41)43-32-42(33-46(34-43)60(7,8)9)48-22-19-23-54-55(48)64-57(50-37-47(61(10,11)12)38-51(56(50)66)62(13,14)15)65(54)53-29-28-45(59(4,5)6)36-49(53)40-20-17-16-18-21-40;/h16-31,33-38,66H,1-15H3;/q-1;/i10D3,11D3,12D3,13D3,14D3,15D3,16D,17D,18D,20D,21D,37D,38D;. The van der Waals surface area contributed by atoms with E-state index < -0.39 is 139 Å². The SMILES string of the molecule is [2H]c1c([2H])c([2H])c(-c2cc(C(C)(C)C)ccc2-n2c(-c3c([2H])c(C(C([2H])([2H])[2H])(C([2H])([2H])[2H])C([2H])([2H])[2H])c([2H])c(C(C([2H])([2H])[2H])(C([2H])([2H])[2H])C([2H])([2H])[2H])c3O)nc3c(-c4[c-]c(-c5cc(-c6ccc(C(C)(C)C)cc6)ccn5)cc(C(C)(C)C)c4)cccc32)c([2H])c1[2H].[Pt]. The topological polar surface area (TPSA) is 50.9 Å². The summed E-state index contributed by atoms with van der Waals surface area (Å²) in [6.45, 7) is -8.95. The van der Waals surface area contributed by atoms with Gasteiger partial charge in [-0.1, -0.05) is 199 Å². The summed E-state index contributed by atoms with van der Waals surface area (Å²) < 4.78 is 225. The monoisotopic (exact) mass is 1090 g/mol. The van der Waals surface area contributed by atoms with Gasteiger partial charge in [-0.2, -0.15) is 0 Å². The first-order valence-electron chi connectivity index (χ1n) is 34.0. The summed E-state index contributed by atoms with van der Waals surface area (Å²) in [5.41, 5.74) is -11.6. The fraction of sp³-hybridized carbons (Fsp3) is 0.323. The van der Waals surface area contributed by atoms with Crippen molar-refractivity contribution in [3.8, 4) is 67.5 Å². The predicted molar refractivity (Wildman–Crippen MR) is 280 cm³/mol. The fourth-order valence-electron chi connectivity index (χ4n) is 7.86. The number of fused-ring (bicyclic) bond motifs is 1. The Balaban J connectivity index is 0.0000120. The van der Waals surface area contributed by atoms with E-state index in [9.17, 15) is 10.6 Å². The van der Waals surface area contributed by atoms with Crippen LogP contribution in [0.2, 0.25) is 0 Å². The molecule has 0 radical (unpaired) electrons. The van der Waals surface area contributed by atoms with E-state index in [2.05, 4.69) is 26.8 Å². The summed E-state index contributed by atoms with van der Waals surface area (Å²) >= 11 is 0. The third-order valence-electron chi connectivity index (χ3n) is 11.7. The normalized spacial score (nSPS) is 19.2. The van der Waals surface area contributed by atoms with E-state index in [4.69, 9.17) is 38.8 Å². The van der Waals surface area contributed by atoms with Crippen molar-refractivity contribution in [2.75, 3.05) is 0 Å². The number of aromatic nitrogens is 3. The van der Waals surface area contributed by atoms with Gasteiger partial charge in [0.1, 0.15) is 11.6 Å². The van der Waals surface area contributed by atoms with Gasteiger partial charge < -0.3 is 5.11 Å². The number of benzene rings is 6. The molecule has 2 heterocycles. The van der Waals surface area contributed by atoms with Gasteiger partial charge in [0.15, 0.2) is 0 Å². The molecule has 0 saturated heterocycles. The average molecular weight is 1090 g/mol. The van der Waals surface area contributed by atoms with Gasteiger partial charge >= 0.3 is 0 Å². The fourth-order valence-corrected chi connectivity index (χ4v) is 7.86. The van der Waals surface area contributed by atoms with Gasteiger partial charge in [-0.05, 0) is 90.8 Å². The predicted octanol–water partition coefficient (Wildman–Crippen LogP) is 16.7. The van der Waals surface area contributed by atoms with Crippen LogP contribution < -0.4 is 0 Å². The summed E-state index contributed by atoms with van der Waals surface area (Å²) in [6, 6.07) is 20.4. The Morgan fingerprint density at radius 2 is 1.21 bits per heavy atom. The molecule has 0 atom stereocenters. The van der Waals surface area contributed by atoms with Gasteiger partial charge in [0, 0.05) is 68.8 Å². The number of rotatable bonds is 6. The molecule has 0 aliphatic carbocycles. The van der Waals surface area contributed by atoms with E-state index in [1.54, 1.807) is 45.2 Å². The Bertz CT molecular complexity index is 4010. The molecular formula is C62H68N3OPt-. The molecule has 6 aromatic carbocycles. The second kappa shape index (κ2) is 17.8. The number of pyridine rings is 1. The van der Waals surface area contributed by atoms with Crippen LogP contribution >= 0.6 is 0 Å². The Morgan fingerprint density at radius 3 is 1.85 bits per heavy atom. The van der Waals surface area contributed by atoms with E-state index in [0.29, 0.717) is 22.4 Å². The van der Waals surface area contributed by atoms with Crippen LogP contribution in [-0.2, 0) is 48.1 Å². The molecule has 0 amide bonds. The third kappa shape index (κ3) is 10.0. The minimum Gasteiger partial charge on any atom is -0.507 e. The van der Waals surface area contributed by atoms with Crippen LogP contribution in [0.5, 0.6) is 5.75 Å². The number of nitrogens with zero attached hydrogens (tertiary/aromatic N) is 3. The van der Waals surface area contributed by atoms with Crippen molar-refractivity contribution >= 4 is 11.0 Å². The first-order chi connectivity index (χ1) is 41.2. The maximum atomic E-state index is 13.3. The summed E-state index contributed by atoms with van der Waals surface area (Å²) in [7, 11) is 0. The molecule has 1 N–H and O–H groups in total. The van der Waals surface area contributed by atoms with Gasteiger partial charge in [-0.15, -0.1) is 29.3 Å². The molecule has 0 fully saturated rings. The molecule has 2 aromatic heterocycles. The third-order valence-corrected chi connectivity index (χ3v) is 11.7. The Labute approximate surface area is 450 Å². The minimum absolute atomic E-state index is 0. The van der Waals surface area contributed by atoms with Crippen molar-refractivity contribution in [2.24, 2.45) is 0 Å². The Hall–Kier alpha value is -5.57. The van der Waals surface area contributed by atoms with Crippen molar-refractivity contribution in [1.82, 2.24) is 14.5 Å². The number of imidazole rings is 1. The van der Waals surface area contributed by atoms with Crippen LogP contribution in [-0.4, -0.2) is 19.6 Å². The van der Waals surface area contributed by atoms with Crippen LogP contribution in [0.15, 0.2) is 133 Å². The first-order valence-corrected chi connectivity index (χ1v) is 21.5. The smallest absolute Gasteiger partial charge is 0.148 e. The average Bonchev–Trinajstić information content (AvgIpc) is 0.780. The van der Waals surface area contributed by atoms with Crippen LogP contribution in [0, 0.1) is 6.07 Å². The molecule has 0 saturated carbocycles. The Kier molecular flexibility index (Phi) is 6.98. The molecule has 0 spiro atoms. The van der Waals surface area contributed by atoms with Gasteiger partial charge in [0.05, 0.1) is 31.9 Å². The summed E-state index contributed by atoms with van der Waals surface area (Å²) in [5, 5.41) is 13.3. The number of aromatic hydroxyl groups is 1. The van der Waals surface area contributed by atoms with Crippen molar-refractivity contribution < 1.29 is 60.4 Å². The van der Waals surface area contributed by atoms with Crippen LogP contribution in [0.3, 0.4) is 0 Å².